The minimum Gasteiger partial charge on any atom is -0.362 e. The molecule has 11 heavy (non-hydrogen) atoms. The Morgan fingerprint density at radius 1 is 1.73 bits per heavy atom. The maximum Gasteiger partial charge on any atom is 0.436 e. The number of alkyl halides is 2. The lowest BCUT2D eigenvalue weighted by Crippen LogP contribution is -2.40. The number of rotatable bonds is 4. The molecular weight excluding hydrogens is 156 g/mol. The van der Waals surface area contributed by atoms with Crippen LogP contribution < -0.4 is 5.73 Å². The van der Waals surface area contributed by atoms with Crippen LogP contribution in [0.5, 0.6) is 0 Å². The van der Waals surface area contributed by atoms with Crippen LogP contribution in [0.15, 0.2) is 0 Å². The van der Waals surface area contributed by atoms with Gasteiger partial charge in [0.2, 0.25) is 0 Å². The zero-order valence-electron chi connectivity index (χ0n) is 6.43. The van der Waals surface area contributed by atoms with E-state index in [0.29, 0.717) is 6.42 Å². The molecule has 0 spiro atoms. The van der Waals surface area contributed by atoms with Crippen molar-refractivity contribution < 1.29 is 18.3 Å². The molecule has 5 heteroatoms. The highest BCUT2D eigenvalue weighted by Gasteiger charge is 2.39. The highest BCUT2D eigenvalue weighted by molar-refractivity contribution is 5.79. The van der Waals surface area contributed by atoms with Gasteiger partial charge in [0, 0.05) is 0 Å². The predicted molar refractivity (Wildman–Crippen MR) is 35.0 cm³/mol. The molecule has 1 unspecified atom stereocenters. The van der Waals surface area contributed by atoms with E-state index in [1.807, 2.05) is 0 Å². The number of amides is 1. The van der Waals surface area contributed by atoms with Crippen molar-refractivity contribution in [2.24, 2.45) is 5.73 Å². The summed E-state index contributed by atoms with van der Waals surface area (Å²) in [5.74, 6) is -1.75. The van der Waals surface area contributed by atoms with Gasteiger partial charge in [0.05, 0.1) is 6.10 Å². The van der Waals surface area contributed by atoms with E-state index in [2.05, 4.69) is 10.5 Å². The molecule has 0 fully saturated rings. The van der Waals surface area contributed by atoms with Crippen LogP contribution in [0, 0.1) is 0 Å². The number of hydrogen-bond donors (Lipinski definition) is 1. The number of hydrogen-bond acceptors (Lipinski definition) is 2. The van der Waals surface area contributed by atoms with Gasteiger partial charge in [-0.25, -0.2) is 0 Å². The Bertz CT molecular complexity index is 150. The summed E-state index contributed by atoms with van der Waals surface area (Å²) in [7, 11) is 0. The Balaban J connectivity index is 4.01. The Morgan fingerprint density at radius 3 is 2.45 bits per heavy atom. The SMILES string of the molecule is CCC(C)OC(F)(F)C(N)=O. The lowest BCUT2D eigenvalue weighted by atomic mass is 10.3. The van der Waals surface area contributed by atoms with E-state index < -0.39 is 18.1 Å². The van der Waals surface area contributed by atoms with Crippen molar-refractivity contribution in [2.45, 2.75) is 32.5 Å². The maximum atomic E-state index is 12.3. The molecule has 0 aromatic carbocycles. The molecule has 0 aliphatic carbocycles. The lowest BCUT2D eigenvalue weighted by Gasteiger charge is -2.17. The number of halogens is 2. The molecule has 0 aliphatic rings. The average molecular weight is 167 g/mol. The molecule has 1 amide bonds. The van der Waals surface area contributed by atoms with Gasteiger partial charge in [-0.3, -0.25) is 4.79 Å². The standard InChI is InChI=1S/C6H11F2NO2/c1-3-4(2)11-6(7,8)5(9)10/h4H,3H2,1-2H3,(H2,9,10). The summed E-state index contributed by atoms with van der Waals surface area (Å²) < 4.78 is 28.6. The molecule has 3 nitrogen and oxygen atoms in total. The van der Waals surface area contributed by atoms with Gasteiger partial charge >= 0.3 is 12.0 Å². The van der Waals surface area contributed by atoms with Crippen LogP contribution in [0.2, 0.25) is 0 Å². The fourth-order valence-corrected chi connectivity index (χ4v) is 0.394. The minimum absolute atomic E-state index is 0.406. The van der Waals surface area contributed by atoms with Gasteiger partial charge in [0.15, 0.2) is 0 Å². The molecule has 0 aliphatic heterocycles. The number of carbonyl (C=O) groups excluding carboxylic acids is 1. The Labute approximate surface area is 63.5 Å². The molecule has 1 atom stereocenters. The summed E-state index contributed by atoms with van der Waals surface area (Å²) in [4.78, 5) is 10.0. The molecule has 0 heterocycles. The first kappa shape index (κ1) is 10.3. The third kappa shape index (κ3) is 3.27. The van der Waals surface area contributed by atoms with Crippen LogP contribution in [-0.2, 0) is 9.53 Å². The van der Waals surface area contributed by atoms with Crippen molar-refractivity contribution in [2.75, 3.05) is 0 Å². The zero-order chi connectivity index (χ0) is 9.07. The third-order valence-corrected chi connectivity index (χ3v) is 1.21. The Kier molecular flexibility index (Phi) is 3.38. The molecule has 0 saturated carbocycles. The van der Waals surface area contributed by atoms with Crippen molar-refractivity contribution in [3.05, 3.63) is 0 Å². The number of ether oxygens (including phenoxy) is 1. The van der Waals surface area contributed by atoms with E-state index in [1.54, 1.807) is 6.92 Å². The average Bonchev–Trinajstić information content (AvgIpc) is 1.86. The molecule has 0 rings (SSSR count). The van der Waals surface area contributed by atoms with Crippen molar-refractivity contribution in [1.29, 1.82) is 0 Å². The molecule has 0 aromatic heterocycles. The van der Waals surface area contributed by atoms with Gasteiger partial charge in [-0.15, -0.1) is 0 Å². The molecule has 2 N–H and O–H groups in total. The highest BCUT2D eigenvalue weighted by atomic mass is 19.3. The second-order valence-corrected chi connectivity index (χ2v) is 2.22. The molecular formula is C6H11F2NO2. The van der Waals surface area contributed by atoms with Crippen molar-refractivity contribution >= 4 is 5.91 Å². The van der Waals surface area contributed by atoms with Crippen LogP contribution in [0.25, 0.3) is 0 Å². The molecule has 0 aromatic rings. The minimum atomic E-state index is -3.84. The summed E-state index contributed by atoms with van der Waals surface area (Å²) in [6.07, 6.45) is -4.10. The Morgan fingerprint density at radius 2 is 2.18 bits per heavy atom. The van der Waals surface area contributed by atoms with Gasteiger partial charge in [-0.2, -0.15) is 8.78 Å². The van der Waals surface area contributed by atoms with Gasteiger partial charge in [0.1, 0.15) is 0 Å². The predicted octanol–water partition coefficient (Wildman–Crippen LogP) is 0.880. The van der Waals surface area contributed by atoms with E-state index in [9.17, 15) is 13.6 Å². The topological polar surface area (TPSA) is 52.3 Å². The van der Waals surface area contributed by atoms with Gasteiger partial charge in [-0.05, 0) is 13.3 Å². The van der Waals surface area contributed by atoms with Crippen LogP contribution in [0.3, 0.4) is 0 Å². The summed E-state index contributed by atoms with van der Waals surface area (Å²) in [5, 5.41) is 0. The number of primary amides is 1. The van der Waals surface area contributed by atoms with E-state index in [-0.39, 0.29) is 0 Å². The summed E-state index contributed by atoms with van der Waals surface area (Å²) in [6.45, 7) is 3.11. The smallest absolute Gasteiger partial charge is 0.362 e. The molecule has 66 valence electrons. The van der Waals surface area contributed by atoms with Crippen LogP contribution >= 0.6 is 0 Å². The first-order chi connectivity index (χ1) is 4.90. The normalized spacial score (nSPS) is 14.5. The molecule has 0 bridgehead atoms. The van der Waals surface area contributed by atoms with Crippen LogP contribution in [-0.4, -0.2) is 18.1 Å². The molecule has 0 radical (unpaired) electrons. The number of carbonyl (C=O) groups is 1. The fourth-order valence-electron chi connectivity index (χ4n) is 0.394. The lowest BCUT2D eigenvalue weighted by molar-refractivity contribution is -0.245. The van der Waals surface area contributed by atoms with Gasteiger partial charge in [0.25, 0.3) is 0 Å². The summed E-state index contributed by atoms with van der Waals surface area (Å²) in [5.41, 5.74) is 4.36. The van der Waals surface area contributed by atoms with E-state index >= 15 is 0 Å². The van der Waals surface area contributed by atoms with E-state index in [4.69, 9.17) is 0 Å². The maximum absolute atomic E-state index is 12.3. The third-order valence-electron chi connectivity index (χ3n) is 1.21. The van der Waals surface area contributed by atoms with Gasteiger partial charge < -0.3 is 10.5 Å². The van der Waals surface area contributed by atoms with E-state index in [0.717, 1.165) is 0 Å². The zero-order valence-corrected chi connectivity index (χ0v) is 6.43. The highest BCUT2D eigenvalue weighted by Crippen LogP contribution is 2.17. The second-order valence-electron chi connectivity index (χ2n) is 2.22. The summed E-state index contributed by atoms with van der Waals surface area (Å²) in [6, 6.07) is 0. The largest absolute Gasteiger partial charge is 0.436 e. The Hall–Kier alpha value is -0.710. The first-order valence-electron chi connectivity index (χ1n) is 3.25. The van der Waals surface area contributed by atoms with Gasteiger partial charge in [-0.1, -0.05) is 6.92 Å². The van der Waals surface area contributed by atoms with Crippen molar-refractivity contribution in [3.63, 3.8) is 0 Å². The van der Waals surface area contributed by atoms with Crippen LogP contribution in [0.1, 0.15) is 20.3 Å². The monoisotopic (exact) mass is 167 g/mol. The van der Waals surface area contributed by atoms with Crippen molar-refractivity contribution in [3.8, 4) is 0 Å². The van der Waals surface area contributed by atoms with Crippen LogP contribution in [0.4, 0.5) is 8.78 Å². The fraction of sp³-hybridized carbons (Fsp3) is 0.833. The quantitative estimate of drug-likeness (QED) is 0.675. The number of nitrogens with two attached hydrogens (primary N) is 1. The molecule has 0 saturated heterocycles. The second kappa shape index (κ2) is 3.61. The van der Waals surface area contributed by atoms with E-state index in [1.165, 1.54) is 6.92 Å². The first-order valence-corrected chi connectivity index (χ1v) is 3.25. The summed E-state index contributed by atoms with van der Waals surface area (Å²) >= 11 is 0. The van der Waals surface area contributed by atoms with Crippen molar-refractivity contribution in [1.82, 2.24) is 0 Å².